The zero-order valence-electron chi connectivity index (χ0n) is 15.4. The Balaban J connectivity index is 1.47. The van der Waals surface area contributed by atoms with E-state index < -0.39 is 5.54 Å². The molecule has 0 atom stereocenters. The highest BCUT2D eigenvalue weighted by Crippen LogP contribution is 2.39. The van der Waals surface area contributed by atoms with Gasteiger partial charge in [-0.05, 0) is 31.6 Å². The molecule has 25 heavy (non-hydrogen) atoms. The molecule has 6 heteroatoms. The first kappa shape index (κ1) is 18.2. The smallest absolute Gasteiger partial charge is 0.327 e. The molecule has 3 aliphatic rings. The van der Waals surface area contributed by atoms with E-state index in [4.69, 9.17) is 0 Å². The van der Waals surface area contributed by atoms with Crippen LogP contribution in [0.4, 0.5) is 4.79 Å². The summed E-state index contributed by atoms with van der Waals surface area (Å²) in [6.45, 7) is 0.486. The van der Waals surface area contributed by atoms with Crippen LogP contribution in [0.15, 0.2) is 0 Å². The van der Waals surface area contributed by atoms with Gasteiger partial charge in [-0.25, -0.2) is 4.79 Å². The second-order valence-corrected chi connectivity index (χ2v) is 7.97. The minimum atomic E-state index is -0.696. The first-order valence-electron chi connectivity index (χ1n) is 9.91. The van der Waals surface area contributed by atoms with Crippen LogP contribution in [0.25, 0.3) is 0 Å². The second-order valence-electron chi connectivity index (χ2n) is 7.97. The van der Waals surface area contributed by atoms with Crippen LogP contribution in [-0.4, -0.2) is 53.3 Å². The topological polar surface area (TPSA) is 69.7 Å². The zero-order valence-corrected chi connectivity index (χ0v) is 15.4. The lowest BCUT2D eigenvalue weighted by molar-refractivity contribution is -0.137. The Morgan fingerprint density at radius 2 is 1.80 bits per heavy atom. The van der Waals surface area contributed by atoms with Crippen LogP contribution < -0.4 is 5.32 Å². The summed E-state index contributed by atoms with van der Waals surface area (Å²) in [6, 6.07) is -0.326. The largest absolute Gasteiger partial charge is 0.355 e. The van der Waals surface area contributed by atoms with Crippen molar-refractivity contribution in [3.63, 3.8) is 0 Å². The summed E-state index contributed by atoms with van der Waals surface area (Å²) in [5.41, 5.74) is -0.696. The summed E-state index contributed by atoms with van der Waals surface area (Å²) in [7, 11) is 1.70. The number of imide groups is 1. The molecule has 1 spiro atoms. The SMILES string of the molecule is CN1C(=O)N(CC(=O)NCCCC2CCCC2)C(=O)C12CCCCC2. The van der Waals surface area contributed by atoms with Crippen LogP contribution in [0, 0.1) is 5.92 Å². The number of hydrogen-bond donors (Lipinski definition) is 1. The fourth-order valence-electron chi connectivity index (χ4n) is 4.79. The van der Waals surface area contributed by atoms with Crippen LogP contribution in [-0.2, 0) is 9.59 Å². The van der Waals surface area contributed by atoms with E-state index in [1.165, 1.54) is 25.7 Å². The monoisotopic (exact) mass is 349 g/mol. The number of nitrogens with one attached hydrogen (secondary N) is 1. The van der Waals surface area contributed by atoms with Crippen LogP contribution in [0.1, 0.15) is 70.6 Å². The molecule has 0 aromatic carbocycles. The van der Waals surface area contributed by atoms with Crippen molar-refractivity contribution in [2.24, 2.45) is 5.92 Å². The molecule has 6 nitrogen and oxygen atoms in total. The average molecular weight is 349 g/mol. The standard InChI is InChI=1S/C19H31N3O3/c1-21-18(25)22(17(24)19(21)11-5-2-6-12-19)14-16(23)20-13-7-10-15-8-3-4-9-15/h15H,2-14H2,1H3,(H,20,23). The summed E-state index contributed by atoms with van der Waals surface area (Å²) < 4.78 is 0. The van der Waals surface area contributed by atoms with Gasteiger partial charge in [0.15, 0.2) is 0 Å². The van der Waals surface area contributed by atoms with Gasteiger partial charge in [-0.3, -0.25) is 14.5 Å². The van der Waals surface area contributed by atoms with E-state index in [2.05, 4.69) is 5.32 Å². The summed E-state index contributed by atoms with van der Waals surface area (Å²) in [5, 5.41) is 2.88. The Morgan fingerprint density at radius 1 is 1.12 bits per heavy atom. The van der Waals surface area contributed by atoms with Crippen LogP contribution >= 0.6 is 0 Å². The summed E-state index contributed by atoms with van der Waals surface area (Å²) in [5.74, 6) is 0.411. The molecule has 0 aromatic rings. The normalized spacial score (nSPS) is 23.7. The molecule has 1 aliphatic heterocycles. The quantitative estimate of drug-likeness (QED) is 0.592. The highest BCUT2D eigenvalue weighted by atomic mass is 16.2. The maximum atomic E-state index is 12.8. The van der Waals surface area contributed by atoms with Gasteiger partial charge in [0.05, 0.1) is 0 Å². The Morgan fingerprint density at radius 3 is 2.48 bits per heavy atom. The molecule has 1 heterocycles. The maximum absolute atomic E-state index is 12.8. The van der Waals surface area contributed by atoms with E-state index in [1.54, 1.807) is 11.9 Å². The van der Waals surface area contributed by atoms with Gasteiger partial charge in [0.1, 0.15) is 12.1 Å². The summed E-state index contributed by atoms with van der Waals surface area (Å²) in [4.78, 5) is 40.2. The molecule has 2 saturated carbocycles. The molecule has 0 radical (unpaired) electrons. The van der Waals surface area contributed by atoms with Crippen LogP contribution in [0.5, 0.6) is 0 Å². The van der Waals surface area contributed by atoms with Gasteiger partial charge in [-0.2, -0.15) is 0 Å². The van der Waals surface area contributed by atoms with Gasteiger partial charge in [0, 0.05) is 13.6 Å². The van der Waals surface area contributed by atoms with E-state index in [9.17, 15) is 14.4 Å². The van der Waals surface area contributed by atoms with Crippen molar-refractivity contribution in [3.8, 4) is 0 Å². The van der Waals surface area contributed by atoms with Gasteiger partial charge in [0.2, 0.25) is 5.91 Å². The number of carbonyl (C=O) groups excluding carboxylic acids is 3. The summed E-state index contributed by atoms with van der Waals surface area (Å²) in [6.07, 6.45) is 11.9. The fraction of sp³-hybridized carbons (Fsp3) is 0.842. The Kier molecular flexibility index (Phi) is 5.64. The number of likely N-dealkylation sites (N-methyl/N-ethyl adjacent to an activating group) is 1. The maximum Gasteiger partial charge on any atom is 0.327 e. The van der Waals surface area contributed by atoms with Crippen molar-refractivity contribution in [1.29, 1.82) is 0 Å². The van der Waals surface area contributed by atoms with Crippen molar-refractivity contribution >= 4 is 17.8 Å². The number of urea groups is 1. The van der Waals surface area contributed by atoms with Gasteiger partial charge < -0.3 is 10.2 Å². The molecular formula is C19H31N3O3. The van der Waals surface area contributed by atoms with E-state index in [0.29, 0.717) is 19.4 Å². The molecule has 140 valence electrons. The molecule has 2 aliphatic carbocycles. The van der Waals surface area contributed by atoms with Gasteiger partial charge in [0.25, 0.3) is 5.91 Å². The van der Waals surface area contributed by atoms with Gasteiger partial charge >= 0.3 is 6.03 Å². The van der Waals surface area contributed by atoms with Gasteiger partial charge in [-0.1, -0.05) is 44.9 Å². The lowest BCUT2D eigenvalue weighted by atomic mass is 9.81. The first-order chi connectivity index (χ1) is 12.0. The number of amides is 4. The Labute approximate surface area is 150 Å². The van der Waals surface area contributed by atoms with E-state index in [-0.39, 0.29) is 24.4 Å². The average Bonchev–Trinajstić information content (AvgIpc) is 3.20. The highest BCUT2D eigenvalue weighted by Gasteiger charge is 2.55. The van der Waals surface area contributed by atoms with Gasteiger partial charge in [-0.15, -0.1) is 0 Å². The lowest BCUT2D eigenvalue weighted by Crippen LogP contribution is -2.49. The molecule has 1 saturated heterocycles. The third-order valence-corrected chi connectivity index (χ3v) is 6.37. The molecule has 0 aromatic heterocycles. The number of rotatable bonds is 6. The van der Waals surface area contributed by atoms with E-state index in [1.807, 2.05) is 0 Å². The van der Waals surface area contributed by atoms with Crippen LogP contribution in [0.2, 0.25) is 0 Å². The van der Waals surface area contributed by atoms with Crippen molar-refractivity contribution in [2.75, 3.05) is 20.1 Å². The zero-order chi connectivity index (χ0) is 17.9. The van der Waals surface area contributed by atoms with Crippen molar-refractivity contribution in [1.82, 2.24) is 15.1 Å². The molecular weight excluding hydrogens is 318 g/mol. The predicted molar refractivity (Wildman–Crippen MR) is 94.9 cm³/mol. The van der Waals surface area contributed by atoms with Crippen LogP contribution in [0.3, 0.4) is 0 Å². The van der Waals surface area contributed by atoms with Crippen molar-refractivity contribution in [2.45, 2.75) is 76.2 Å². The third-order valence-electron chi connectivity index (χ3n) is 6.37. The number of carbonyl (C=O) groups is 3. The molecule has 4 amide bonds. The van der Waals surface area contributed by atoms with E-state index in [0.717, 1.165) is 42.9 Å². The highest BCUT2D eigenvalue weighted by molar-refractivity contribution is 6.08. The lowest BCUT2D eigenvalue weighted by Gasteiger charge is -2.35. The van der Waals surface area contributed by atoms with E-state index >= 15 is 0 Å². The molecule has 3 rings (SSSR count). The fourth-order valence-corrected chi connectivity index (χ4v) is 4.79. The van der Waals surface area contributed by atoms with Crippen molar-refractivity contribution in [3.05, 3.63) is 0 Å². The molecule has 0 bridgehead atoms. The first-order valence-corrected chi connectivity index (χ1v) is 9.91. The minimum Gasteiger partial charge on any atom is -0.355 e. The third kappa shape index (κ3) is 3.67. The Bertz CT molecular complexity index is 522. The molecule has 0 unspecified atom stereocenters. The second kappa shape index (κ2) is 7.75. The number of hydrogen-bond acceptors (Lipinski definition) is 3. The molecule has 3 fully saturated rings. The summed E-state index contributed by atoms with van der Waals surface area (Å²) >= 11 is 0. The predicted octanol–water partition coefficient (Wildman–Crippen LogP) is 2.67. The molecule has 1 N–H and O–H groups in total. The Hall–Kier alpha value is -1.59. The van der Waals surface area contributed by atoms with Crippen molar-refractivity contribution < 1.29 is 14.4 Å². The minimum absolute atomic E-state index is 0.146. The number of nitrogens with zero attached hydrogens (tertiary/aromatic N) is 2.